The summed E-state index contributed by atoms with van der Waals surface area (Å²) in [7, 11) is 3.92. The maximum absolute atomic E-state index is 4.58. The lowest BCUT2D eigenvalue weighted by Crippen LogP contribution is -2.24. The van der Waals surface area contributed by atoms with Crippen molar-refractivity contribution in [3.05, 3.63) is 18.6 Å². The Kier molecular flexibility index (Phi) is 3.17. The molecule has 0 atom stereocenters. The van der Waals surface area contributed by atoms with Crippen LogP contribution in [0.4, 0.5) is 11.6 Å². The first-order chi connectivity index (χ1) is 8.11. The molecule has 0 aliphatic carbocycles. The van der Waals surface area contributed by atoms with E-state index in [-0.39, 0.29) is 0 Å². The van der Waals surface area contributed by atoms with Crippen molar-refractivity contribution in [3.8, 4) is 0 Å². The van der Waals surface area contributed by atoms with Gasteiger partial charge in [0, 0.05) is 33.0 Å². The Morgan fingerprint density at radius 3 is 2.88 bits per heavy atom. The van der Waals surface area contributed by atoms with E-state index in [0.29, 0.717) is 5.92 Å². The minimum Gasteiger partial charge on any atom is -0.372 e. The second kappa shape index (κ2) is 4.61. The summed E-state index contributed by atoms with van der Waals surface area (Å²) in [6, 6.07) is 0. The van der Waals surface area contributed by atoms with Crippen LogP contribution in [0.1, 0.15) is 13.8 Å². The van der Waals surface area contributed by atoms with Crippen LogP contribution in [-0.4, -0.2) is 35.0 Å². The van der Waals surface area contributed by atoms with Gasteiger partial charge in [-0.3, -0.25) is 0 Å². The Morgan fingerprint density at radius 2 is 2.24 bits per heavy atom. The molecule has 2 aromatic rings. The second-order valence-corrected chi connectivity index (χ2v) is 4.63. The minimum atomic E-state index is 0.593. The van der Waals surface area contributed by atoms with E-state index in [1.807, 2.05) is 23.8 Å². The number of fused-ring (bicyclic) bond motifs is 1. The van der Waals surface area contributed by atoms with Crippen LogP contribution in [0.3, 0.4) is 0 Å². The Hall–Kier alpha value is -1.78. The van der Waals surface area contributed by atoms with E-state index in [4.69, 9.17) is 0 Å². The summed E-state index contributed by atoms with van der Waals surface area (Å²) in [6.45, 7) is 5.35. The molecule has 2 aromatic heterocycles. The topological polar surface area (TPSA) is 45.5 Å². The number of rotatable bonds is 4. The van der Waals surface area contributed by atoms with Crippen molar-refractivity contribution >= 4 is 17.3 Å². The van der Waals surface area contributed by atoms with Gasteiger partial charge >= 0.3 is 0 Å². The molecule has 0 amide bonds. The summed E-state index contributed by atoms with van der Waals surface area (Å²) in [5.41, 5.74) is 0.896. The standard InChI is InChI=1S/C12H19N5/c1-9(2)7-16(4)12-11-14-5-6-17(11)8-10(13-3)15-12/h5-6,8-9,13H,7H2,1-4H3. The zero-order valence-electron chi connectivity index (χ0n) is 10.8. The number of aromatic nitrogens is 3. The molecule has 5 heteroatoms. The van der Waals surface area contributed by atoms with Gasteiger partial charge in [-0.1, -0.05) is 13.8 Å². The summed E-state index contributed by atoms with van der Waals surface area (Å²) in [6.07, 6.45) is 5.67. The quantitative estimate of drug-likeness (QED) is 0.875. The molecular formula is C12H19N5. The molecule has 0 bridgehead atoms. The van der Waals surface area contributed by atoms with Crippen LogP contribution in [0.5, 0.6) is 0 Å². The number of nitrogens with zero attached hydrogens (tertiary/aromatic N) is 4. The highest BCUT2D eigenvalue weighted by Gasteiger charge is 2.12. The highest BCUT2D eigenvalue weighted by atomic mass is 15.2. The summed E-state index contributed by atoms with van der Waals surface area (Å²) >= 11 is 0. The van der Waals surface area contributed by atoms with Gasteiger partial charge in [0.25, 0.3) is 0 Å². The average molecular weight is 233 g/mol. The monoisotopic (exact) mass is 233 g/mol. The molecule has 0 fully saturated rings. The van der Waals surface area contributed by atoms with Crippen LogP contribution in [0.2, 0.25) is 0 Å². The third-order valence-electron chi connectivity index (χ3n) is 2.61. The van der Waals surface area contributed by atoms with Gasteiger partial charge in [0.15, 0.2) is 11.5 Å². The molecule has 0 aliphatic rings. The van der Waals surface area contributed by atoms with Gasteiger partial charge in [-0.15, -0.1) is 0 Å². The lowest BCUT2D eigenvalue weighted by molar-refractivity contribution is 0.635. The predicted molar refractivity (Wildman–Crippen MR) is 70.6 cm³/mol. The van der Waals surface area contributed by atoms with Gasteiger partial charge in [0.1, 0.15) is 5.82 Å². The van der Waals surface area contributed by atoms with Crippen molar-refractivity contribution in [2.45, 2.75) is 13.8 Å². The lowest BCUT2D eigenvalue weighted by Gasteiger charge is -2.21. The van der Waals surface area contributed by atoms with Crippen LogP contribution in [0.15, 0.2) is 18.6 Å². The number of anilines is 2. The molecule has 0 aliphatic heterocycles. The van der Waals surface area contributed by atoms with Gasteiger partial charge in [-0.05, 0) is 5.92 Å². The molecule has 5 nitrogen and oxygen atoms in total. The molecular weight excluding hydrogens is 214 g/mol. The van der Waals surface area contributed by atoms with Crippen molar-refractivity contribution in [3.63, 3.8) is 0 Å². The number of imidazole rings is 1. The first-order valence-corrected chi connectivity index (χ1v) is 5.84. The number of hydrogen-bond donors (Lipinski definition) is 1. The van der Waals surface area contributed by atoms with Gasteiger partial charge < -0.3 is 14.6 Å². The fraction of sp³-hybridized carbons (Fsp3) is 0.500. The van der Waals surface area contributed by atoms with E-state index in [1.165, 1.54) is 0 Å². The van der Waals surface area contributed by atoms with Crippen molar-refractivity contribution in [1.82, 2.24) is 14.4 Å². The molecule has 0 unspecified atom stereocenters. The number of hydrogen-bond acceptors (Lipinski definition) is 4. The summed E-state index contributed by atoms with van der Waals surface area (Å²) in [5.74, 6) is 2.35. The largest absolute Gasteiger partial charge is 0.372 e. The number of nitrogens with one attached hydrogen (secondary N) is 1. The Bertz CT molecular complexity index is 503. The zero-order chi connectivity index (χ0) is 12.4. The van der Waals surface area contributed by atoms with Crippen molar-refractivity contribution in [2.75, 3.05) is 30.9 Å². The predicted octanol–water partition coefficient (Wildman–Crippen LogP) is 1.86. The van der Waals surface area contributed by atoms with E-state index < -0.39 is 0 Å². The molecule has 1 N–H and O–H groups in total. The van der Waals surface area contributed by atoms with E-state index in [1.54, 1.807) is 6.20 Å². The van der Waals surface area contributed by atoms with E-state index >= 15 is 0 Å². The molecule has 2 heterocycles. The van der Waals surface area contributed by atoms with Crippen LogP contribution in [-0.2, 0) is 0 Å². The molecule has 92 valence electrons. The molecule has 0 saturated carbocycles. The molecule has 2 rings (SSSR count). The third kappa shape index (κ3) is 2.33. The SMILES string of the molecule is CNc1cn2ccnc2c(N(C)CC(C)C)n1. The van der Waals surface area contributed by atoms with Crippen LogP contribution < -0.4 is 10.2 Å². The average Bonchev–Trinajstić information content (AvgIpc) is 2.74. The van der Waals surface area contributed by atoms with Gasteiger partial charge in [0.05, 0.1) is 6.20 Å². The maximum Gasteiger partial charge on any atom is 0.180 e. The van der Waals surface area contributed by atoms with E-state index in [2.05, 4.69) is 41.1 Å². The second-order valence-electron chi connectivity index (χ2n) is 4.63. The van der Waals surface area contributed by atoms with Gasteiger partial charge in [-0.25, -0.2) is 9.97 Å². The summed E-state index contributed by atoms with van der Waals surface area (Å²) in [4.78, 5) is 11.1. The van der Waals surface area contributed by atoms with E-state index in [0.717, 1.165) is 23.8 Å². The normalized spacial score (nSPS) is 11.1. The fourth-order valence-corrected chi connectivity index (χ4v) is 1.93. The minimum absolute atomic E-state index is 0.593. The van der Waals surface area contributed by atoms with Crippen LogP contribution in [0.25, 0.3) is 5.65 Å². The Labute approximate surface area is 101 Å². The molecule has 0 saturated heterocycles. The smallest absolute Gasteiger partial charge is 0.180 e. The summed E-state index contributed by atoms with van der Waals surface area (Å²) in [5, 5.41) is 3.07. The van der Waals surface area contributed by atoms with Crippen molar-refractivity contribution in [1.29, 1.82) is 0 Å². The highest BCUT2D eigenvalue weighted by Crippen LogP contribution is 2.20. The van der Waals surface area contributed by atoms with Crippen molar-refractivity contribution in [2.24, 2.45) is 5.92 Å². The zero-order valence-corrected chi connectivity index (χ0v) is 10.8. The Morgan fingerprint density at radius 1 is 1.47 bits per heavy atom. The Balaban J connectivity index is 2.46. The third-order valence-corrected chi connectivity index (χ3v) is 2.61. The lowest BCUT2D eigenvalue weighted by atomic mass is 10.2. The molecule has 17 heavy (non-hydrogen) atoms. The first kappa shape index (κ1) is 11.7. The van der Waals surface area contributed by atoms with Crippen LogP contribution >= 0.6 is 0 Å². The molecule has 0 radical (unpaired) electrons. The van der Waals surface area contributed by atoms with Gasteiger partial charge in [0.2, 0.25) is 0 Å². The summed E-state index contributed by atoms with van der Waals surface area (Å²) < 4.78 is 1.99. The van der Waals surface area contributed by atoms with E-state index in [9.17, 15) is 0 Å². The first-order valence-electron chi connectivity index (χ1n) is 5.84. The van der Waals surface area contributed by atoms with Crippen molar-refractivity contribution < 1.29 is 0 Å². The highest BCUT2D eigenvalue weighted by molar-refractivity contribution is 5.66. The maximum atomic E-state index is 4.58. The van der Waals surface area contributed by atoms with Gasteiger partial charge in [-0.2, -0.15) is 0 Å². The molecule has 0 spiro atoms. The fourth-order valence-electron chi connectivity index (χ4n) is 1.93. The molecule has 0 aromatic carbocycles. The van der Waals surface area contributed by atoms with Crippen LogP contribution in [0, 0.1) is 5.92 Å².